The van der Waals surface area contributed by atoms with Crippen LogP contribution in [-0.4, -0.2) is 47.9 Å². The second kappa shape index (κ2) is 9.50. The van der Waals surface area contributed by atoms with Crippen LogP contribution in [0, 0.1) is 0 Å². The minimum absolute atomic E-state index is 0. The van der Waals surface area contributed by atoms with E-state index in [-0.39, 0.29) is 24.7 Å². The number of carbonyl (C=O) groups excluding carboxylic acids is 1. The lowest BCUT2D eigenvalue weighted by Crippen LogP contribution is -2.53. The first-order valence-electron chi connectivity index (χ1n) is 9.20. The lowest BCUT2D eigenvalue weighted by Gasteiger charge is -2.42. The van der Waals surface area contributed by atoms with E-state index in [0.717, 1.165) is 12.0 Å². The molecule has 1 saturated carbocycles. The van der Waals surface area contributed by atoms with Crippen molar-refractivity contribution in [2.45, 2.75) is 57.0 Å². The summed E-state index contributed by atoms with van der Waals surface area (Å²) in [6, 6.07) is 4.13. The molecule has 1 saturated heterocycles. The van der Waals surface area contributed by atoms with Crippen LogP contribution in [-0.2, 0) is 11.2 Å². The topological polar surface area (TPSA) is 49.6 Å². The van der Waals surface area contributed by atoms with Crippen molar-refractivity contribution in [3.63, 3.8) is 0 Å². The number of likely N-dealkylation sites (N-methyl/N-ethyl adjacent to an activating group) is 1. The van der Waals surface area contributed by atoms with Gasteiger partial charge in [0, 0.05) is 24.8 Å². The molecule has 1 amide bonds. The van der Waals surface area contributed by atoms with Gasteiger partial charge < -0.3 is 10.6 Å². The zero-order valence-electron chi connectivity index (χ0n) is 15.2. The van der Waals surface area contributed by atoms with Crippen LogP contribution < -0.4 is 5.73 Å². The lowest BCUT2D eigenvalue weighted by molar-refractivity contribution is -0.133. The minimum atomic E-state index is 0. The molecule has 0 spiro atoms. The van der Waals surface area contributed by atoms with Crippen molar-refractivity contribution in [1.29, 1.82) is 0 Å². The van der Waals surface area contributed by atoms with E-state index >= 15 is 0 Å². The molecule has 2 fully saturated rings. The Labute approximate surface area is 172 Å². The first-order chi connectivity index (χ1) is 12.0. The lowest BCUT2D eigenvalue weighted by atomic mass is 9.88. The Balaban J connectivity index is 0.00000243. The molecule has 1 heterocycles. The standard InChI is InChI=1S/C19H27Cl2N3O.ClH/c1-23(17-6-2-3-7-18(17)24-8-4-5-9-24)19(25)11-13-10-14(20)15(21)12-16(13)22;/h10,12,17-18H,2-9,11,22H2,1H3;1H/t17-,18-;/m1./s1. The van der Waals surface area contributed by atoms with Crippen LogP contribution in [0.15, 0.2) is 12.1 Å². The number of likely N-dealkylation sites (tertiary alicyclic amines) is 1. The van der Waals surface area contributed by atoms with E-state index in [0.29, 0.717) is 27.8 Å². The number of nitrogen functional groups attached to an aromatic ring is 1. The van der Waals surface area contributed by atoms with Crippen molar-refractivity contribution >= 4 is 47.2 Å². The molecule has 1 aromatic rings. The zero-order valence-corrected chi connectivity index (χ0v) is 17.5. The van der Waals surface area contributed by atoms with Crippen molar-refractivity contribution < 1.29 is 4.79 Å². The molecular weight excluding hydrogens is 393 g/mol. The molecule has 146 valence electrons. The Morgan fingerprint density at radius 3 is 2.46 bits per heavy atom. The molecule has 2 aliphatic rings. The molecule has 3 rings (SSSR count). The normalized spacial score (nSPS) is 23.5. The largest absolute Gasteiger partial charge is 0.398 e. The van der Waals surface area contributed by atoms with Gasteiger partial charge in [-0.15, -0.1) is 12.4 Å². The number of hydrogen-bond acceptors (Lipinski definition) is 3. The molecule has 4 nitrogen and oxygen atoms in total. The number of anilines is 1. The average Bonchev–Trinajstić information content (AvgIpc) is 3.13. The van der Waals surface area contributed by atoms with Crippen LogP contribution >= 0.6 is 35.6 Å². The second-order valence-corrected chi connectivity index (χ2v) is 8.12. The number of halogens is 3. The first kappa shape index (κ1) is 21.6. The van der Waals surface area contributed by atoms with E-state index in [4.69, 9.17) is 28.9 Å². The highest BCUT2D eigenvalue weighted by molar-refractivity contribution is 6.42. The summed E-state index contributed by atoms with van der Waals surface area (Å²) in [4.78, 5) is 17.4. The Bertz CT molecular complexity index is 635. The SMILES string of the molecule is CN(C(=O)Cc1cc(Cl)c(Cl)cc1N)[C@@H]1CCCC[C@H]1N1CCCC1.Cl. The van der Waals surface area contributed by atoms with Crippen LogP contribution in [0.4, 0.5) is 5.69 Å². The van der Waals surface area contributed by atoms with Gasteiger partial charge >= 0.3 is 0 Å². The van der Waals surface area contributed by atoms with Crippen LogP contribution in [0.5, 0.6) is 0 Å². The maximum absolute atomic E-state index is 12.9. The van der Waals surface area contributed by atoms with Gasteiger partial charge in [0.2, 0.25) is 5.91 Å². The quantitative estimate of drug-likeness (QED) is 0.734. The minimum Gasteiger partial charge on any atom is -0.398 e. The number of carbonyl (C=O) groups is 1. The van der Waals surface area contributed by atoms with Gasteiger partial charge in [-0.1, -0.05) is 36.0 Å². The van der Waals surface area contributed by atoms with E-state index in [1.165, 1.54) is 45.2 Å². The van der Waals surface area contributed by atoms with Crippen LogP contribution in [0.2, 0.25) is 10.0 Å². The predicted octanol–water partition coefficient (Wildman–Crippen LogP) is 4.41. The first-order valence-corrected chi connectivity index (χ1v) is 9.96. The Hall–Kier alpha value is -0.680. The molecule has 0 unspecified atom stereocenters. The third-order valence-electron chi connectivity index (χ3n) is 5.72. The Morgan fingerprint density at radius 1 is 1.15 bits per heavy atom. The van der Waals surface area contributed by atoms with Crippen molar-refractivity contribution in [3.8, 4) is 0 Å². The van der Waals surface area contributed by atoms with Gasteiger partial charge in [0.15, 0.2) is 0 Å². The van der Waals surface area contributed by atoms with Crippen LogP contribution in [0.3, 0.4) is 0 Å². The zero-order chi connectivity index (χ0) is 18.0. The summed E-state index contributed by atoms with van der Waals surface area (Å²) in [6.07, 6.45) is 7.56. The molecule has 7 heteroatoms. The van der Waals surface area contributed by atoms with Crippen molar-refractivity contribution in [2.75, 3.05) is 25.9 Å². The van der Waals surface area contributed by atoms with Gasteiger partial charge in [0.1, 0.15) is 0 Å². The summed E-state index contributed by atoms with van der Waals surface area (Å²) in [5.41, 5.74) is 7.30. The molecule has 2 N–H and O–H groups in total. The highest BCUT2D eigenvalue weighted by Crippen LogP contribution is 2.31. The number of benzene rings is 1. The molecule has 0 radical (unpaired) electrons. The van der Waals surface area contributed by atoms with Crippen molar-refractivity contribution in [3.05, 3.63) is 27.7 Å². The maximum atomic E-state index is 12.9. The van der Waals surface area contributed by atoms with E-state index < -0.39 is 0 Å². The summed E-state index contributed by atoms with van der Waals surface area (Å²) < 4.78 is 0. The van der Waals surface area contributed by atoms with E-state index in [9.17, 15) is 4.79 Å². The molecule has 1 aliphatic heterocycles. The van der Waals surface area contributed by atoms with E-state index in [2.05, 4.69) is 4.90 Å². The highest BCUT2D eigenvalue weighted by Gasteiger charge is 2.35. The van der Waals surface area contributed by atoms with Gasteiger partial charge in [-0.05, 0) is 56.5 Å². The predicted molar refractivity (Wildman–Crippen MR) is 111 cm³/mol. The molecule has 0 bridgehead atoms. The summed E-state index contributed by atoms with van der Waals surface area (Å²) >= 11 is 12.1. The summed E-state index contributed by atoms with van der Waals surface area (Å²) in [5.74, 6) is 0.0983. The maximum Gasteiger partial charge on any atom is 0.227 e. The molecule has 2 atom stereocenters. The number of amides is 1. The fraction of sp³-hybridized carbons (Fsp3) is 0.632. The van der Waals surface area contributed by atoms with E-state index in [1.54, 1.807) is 12.1 Å². The third kappa shape index (κ3) is 4.78. The summed E-state index contributed by atoms with van der Waals surface area (Å²) in [7, 11) is 1.94. The average molecular weight is 421 g/mol. The smallest absolute Gasteiger partial charge is 0.227 e. The second-order valence-electron chi connectivity index (χ2n) is 7.31. The number of nitrogens with zero attached hydrogens (tertiary/aromatic N) is 2. The monoisotopic (exact) mass is 419 g/mol. The van der Waals surface area contributed by atoms with Crippen LogP contribution in [0.1, 0.15) is 44.1 Å². The highest BCUT2D eigenvalue weighted by atomic mass is 35.5. The fourth-order valence-corrected chi connectivity index (χ4v) is 4.63. The molecule has 1 aromatic carbocycles. The van der Waals surface area contributed by atoms with Gasteiger partial charge in [-0.2, -0.15) is 0 Å². The molecular formula is C19H28Cl3N3O. The Kier molecular flexibility index (Phi) is 7.90. The number of hydrogen-bond donors (Lipinski definition) is 1. The van der Waals surface area contributed by atoms with E-state index in [1.807, 2.05) is 11.9 Å². The van der Waals surface area contributed by atoms with Crippen molar-refractivity contribution in [1.82, 2.24) is 9.80 Å². The Morgan fingerprint density at radius 2 is 1.77 bits per heavy atom. The van der Waals surface area contributed by atoms with Gasteiger partial charge in [0.25, 0.3) is 0 Å². The van der Waals surface area contributed by atoms with Crippen LogP contribution in [0.25, 0.3) is 0 Å². The molecule has 0 aromatic heterocycles. The number of nitrogens with two attached hydrogens (primary N) is 1. The van der Waals surface area contributed by atoms with Gasteiger partial charge in [-0.25, -0.2) is 0 Å². The van der Waals surface area contributed by atoms with Gasteiger partial charge in [-0.3, -0.25) is 9.69 Å². The van der Waals surface area contributed by atoms with Gasteiger partial charge in [0.05, 0.1) is 16.5 Å². The molecule has 26 heavy (non-hydrogen) atoms. The third-order valence-corrected chi connectivity index (χ3v) is 6.44. The summed E-state index contributed by atoms with van der Waals surface area (Å²) in [5, 5.41) is 0.860. The summed E-state index contributed by atoms with van der Waals surface area (Å²) in [6.45, 7) is 2.34. The molecule has 1 aliphatic carbocycles. The fourth-order valence-electron chi connectivity index (χ4n) is 4.27. The number of rotatable bonds is 4. The van der Waals surface area contributed by atoms with Crippen molar-refractivity contribution in [2.24, 2.45) is 0 Å².